The molecule has 0 aliphatic rings. The van der Waals surface area contributed by atoms with Crippen molar-refractivity contribution < 1.29 is 9.47 Å². The maximum absolute atomic E-state index is 5.49. The average molecular weight is 308 g/mol. The summed E-state index contributed by atoms with van der Waals surface area (Å²) in [5.41, 5.74) is 2.47. The van der Waals surface area contributed by atoms with Crippen LogP contribution >= 0.6 is 12.4 Å². The van der Waals surface area contributed by atoms with Gasteiger partial charge in [-0.2, -0.15) is 0 Å². The smallest absolute Gasteiger partial charge is 0.119 e. The summed E-state index contributed by atoms with van der Waals surface area (Å²) in [5, 5.41) is 3.43. The molecule has 4 heteroatoms. The molecule has 0 fully saturated rings. The van der Waals surface area contributed by atoms with Crippen LogP contribution in [0.3, 0.4) is 0 Å². The standard InChI is InChI=1S/C17H21NO2.ClH/c1-3-20-17-6-4-5-15(11-17)13-18-12-14-7-9-16(19-2)10-8-14;/h4-11,18H,3,12-13H2,1-2H3;1H. The molecule has 0 aliphatic carbocycles. The number of ether oxygens (including phenoxy) is 2. The van der Waals surface area contributed by atoms with E-state index >= 15 is 0 Å². The highest BCUT2D eigenvalue weighted by Crippen LogP contribution is 2.14. The third-order valence-electron chi connectivity index (χ3n) is 3.03. The molecule has 0 radical (unpaired) electrons. The topological polar surface area (TPSA) is 30.5 Å². The lowest BCUT2D eigenvalue weighted by atomic mass is 10.2. The first kappa shape index (κ1) is 17.3. The van der Waals surface area contributed by atoms with E-state index in [0.29, 0.717) is 6.61 Å². The first-order chi connectivity index (χ1) is 9.81. The molecule has 0 spiro atoms. The van der Waals surface area contributed by atoms with Gasteiger partial charge in [0.15, 0.2) is 0 Å². The van der Waals surface area contributed by atoms with Gasteiger partial charge in [-0.3, -0.25) is 0 Å². The highest BCUT2D eigenvalue weighted by Gasteiger charge is 1.98. The summed E-state index contributed by atoms with van der Waals surface area (Å²) in [6.45, 7) is 4.35. The predicted molar refractivity (Wildman–Crippen MR) is 88.4 cm³/mol. The maximum atomic E-state index is 5.49. The number of nitrogens with one attached hydrogen (secondary N) is 1. The number of rotatable bonds is 7. The Morgan fingerprint density at radius 1 is 0.905 bits per heavy atom. The van der Waals surface area contributed by atoms with E-state index in [9.17, 15) is 0 Å². The van der Waals surface area contributed by atoms with Crippen LogP contribution in [0.5, 0.6) is 11.5 Å². The number of hydrogen-bond acceptors (Lipinski definition) is 3. The summed E-state index contributed by atoms with van der Waals surface area (Å²) in [6, 6.07) is 16.3. The summed E-state index contributed by atoms with van der Waals surface area (Å²) < 4.78 is 10.6. The SMILES string of the molecule is CCOc1cccc(CNCc2ccc(OC)cc2)c1.Cl. The summed E-state index contributed by atoms with van der Waals surface area (Å²) in [5.74, 6) is 1.81. The van der Waals surface area contributed by atoms with Gasteiger partial charge in [-0.1, -0.05) is 24.3 Å². The van der Waals surface area contributed by atoms with Gasteiger partial charge in [-0.05, 0) is 42.3 Å². The van der Waals surface area contributed by atoms with E-state index < -0.39 is 0 Å². The molecule has 2 rings (SSSR count). The predicted octanol–water partition coefficient (Wildman–Crippen LogP) is 3.81. The molecular formula is C17H22ClNO2. The Morgan fingerprint density at radius 3 is 2.29 bits per heavy atom. The zero-order valence-corrected chi connectivity index (χ0v) is 13.3. The molecule has 0 heterocycles. The van der Waals surface area contributed by atoms with Crippen molar-refractivity contribution in [2.75, 3.05) is 13.7 Å². The van der Waals surface area contributed by atoms with E-state index in [1.54, 1.807) is 7.11 Å². The quantitative estimate of drug-likeness (QED) is 0.844. The van der Waals surface area contributed by atoms with Crippen LogP contribution in [-0.4, -0.2) is 13.7 Å². The van der Waals surface area contributed by atoms with E-state index in [1.807, 2.05) is 31.2 Å². The summed E-state index contributed by atoms with van der Waals surface area (Å²) in [6.07, 6.45) is 0. The monoisotopic (exact) mass is 307 g/mol. The number of methoxy groups -OCH3 is 1. The van der Waals surface area contributed by atoms with Gasteiger partial charge in [0.2, 0.25) is 0 Å². The van der Waals surface area contributed by atoms with E-state index in [0.717, 1.165) is 24.6 Å². The molecule has 0 amide bonds. The molecule has 0 saturated carbocycles. The second-order valence-corrected chi connectivity index (χ2v) is 4.53. The van der Waals surface area contributed by atoms with Crippen molar-refractivity contribution >= 4 is 12.4 Å². The zero-order valence-electron chi connectivity index (χ0n) is 12.5. The highest BCUT2D eigenvalue weighted by molar-refractivity contribution is 5.85. The number of benzene rings is 2. The number of halogens is 1. The Bertz CT molecular complexity index is 529. The Hall–Kier alpha value is -1.71. The number of hydrogen-bond donors (Lipinski definition) is 1. The molecule has 21 heavy (non-hydrogen) atoms. The fraction of sp³-hybridized carbons (Fsp3) is 0.294. The zero-order chi connectivity index (χ0) is 14.2. The van der Waals surface area contributed by atoms with Gasteiger partial charge in [-0.25, -0.2) is 0 Å². The molecule has 0 aromatic heterocycles. The summed E-state index contributed by atoms with van der Waals surface area (Å²) in [7, 11) is 1.68. The van der Waals surface area contributed by atoms with Crippen LogP contribution in [0.1, 0.15) is 18.1 Å². The van der Waals surface area contributed by atoms with Crippen molar-refractivity contribution in [3.63, 3.8) is 0 Å². The molecule has 0 atom stereocenters. The van der Waals surface area contributed by atoms with Crippen LogP contribution in [-0.2, 0) is 13.1 Å². The van der Waals surface area contributed by atoms with Crippen LogP contribution < -0.4 is 14.8 Å². The Labute approximate surface area is 132 Å². The van der Waals surface area contributed by atoms with Crippen molar-refractivity contribution in [3.05, 3.63) is 59.7 Å². The molecule has 3 nitrogen and oxygen atoms in total. The molecule has 1 N–H and O–H groups in total. The normalized spacial score (nSPS) is 9.81. The van der Waals surface area contributed by atoms with Crippen LogP contribution in [0.25, 0.3) is 0 Å². The van der Waals surface area contributed by atoms with Gasteiger partial charge in [0.1, 0.15) is 11.5 Å². The lowest BCUT2D eigenvalue weighted by molar-refractivity contribution is 0.340. The van der Waals surface area contributed by atoms with Crippen LogP contribution in [0.4, 0.5) is 0 Å². The molecule has 114 valence electrons. The highest BCUT2D eigenvalue weighted by atomic mass is 35.5. The lowest BCUT2D eigenvalue weighted by Gasteiger charge is -2.08. The first-order valence-electron chi connectivity index (χ1n) is 6.87. The van der Waals surface area contributed by atoms with Gasteiger partial charge in [0.25, 0.3) is 0 Å². The summed E-state index contributed by atoms with van der Waals surface area (Å²) >= 11 is 0. The van der Waals surface area contributed by atoms with Gasteiger partial charge < -0.3 is 14.8 Å². The van der Waals surface area contributed by atoms with E-state index in [2.05, 4.69) is 29.6 Å². The first-order valence-corrected chi connectivity index (χ1v) is 6.87. The molecule has 0 saturated heterocycles. The molecule has 2 aromatic carbocycles. The average Bonchev–Trinajstić information content (AvgIpc) is 2.49. The molecular weight excluding hydrogens is 286 g/mol. The van der Waals surface area contributed by atoms with Gasteiger partial charge in [-0.15, -0.1) is 12.4 Å². The van der Waals surface area contributed by atoms with Crippen molar-refractivity contribution in [3.8, 4) is 11.5 Å². The minimum absolute atomic E-state index is 0. The van der Waals surface area contributed by atoms with Gasteiger partial charge in [0.05, 0.1) is 13.7 Å². The minimum Gasteiger partial charge on any atom is -0.497 e. The third-order valence-corrected chi connectivity index (χ3v) is 3.03. The van der Waals surface area contributed by atoms with Crippen molar-refractivity contribution in [2.45, 2.75) is 20.0 Å². The van der Waals surface area contributed by atoms with Gasteiger partial charge in [0, 0.05) is 13.1 Å². The second-order valence-electron chi connectivity index (χ2n) is 4.53. The Kier molecular flexibility index (Phi) is 7.65. The molecule has 2 aromatic rings. The van der Waals surface area contributed by atoms with E-state index in [4.69, 9.17) is 9.47 Å². The lowest BCUT2D eigenvalue weighted by Crippen LogP contribution is -2.12. The molecule has 0 unspecified atom stereocenters. The van der Waals surface area contributed by atoms with Crippen LogP contribution in [0.2, 0.25) is 0 Å². The molecule has 0 bridgehead atoms. The van der Waals surface area contributed by atoms with Crippen molar-refractivity contribution in [1.29, 1.82) is 0 Å². The van der Waals surface area contributed by atoms with Gasteiger partial charge >= 0.3 is 0 Å². The van der Waals surface area contributed by atoms with E-state index in [-0.39, 0.29) is 12.4 Å². The van der Waals surface area contributed by atoms with Crippen molar-refractivity contribution in [2.24, 2.45) is 0 Å². The van der Waals surface area contributed by atoms with Crippen LogP contribution in [0.15, 0.2) is 48.5 Å². The summed E-state index contributed by atoms with van der Waals surface area (Å²) in [4.78, 5) is 0. The fourth-order valence-electron chi connectivity index (χ4n) is 2.01. The molecule has 0 aliphatic heterocycles. The van der Waals surface area contributed by atoms with Crippen molar-refractivity contribution in [1.82, 2.24) is 5.32 Å². The largest absolute Gasteiger partial charge is 0.497 e. The van der Waals surface area contributed by atoms with E-state index in [1.165, 1.54) is 11.1 Å². The minimum atomic E-state index is 0. The third kappa shape index (κ3) is 5.66. The Morgan fingerprint density at radius 2 is 1.62 bits per heavy atom. The fourth-order valence-corrected chi connectivity index (χ4v) is 2.01. The Balaban J connectivity index is 0.00000220. The van der Waals surface area contributed by atoms with Crippen LogP contribution in [0, 0.1) is 0 Å². The maximum Gasteiger partial charge on any atom is 0.119 e. The second kappa shape index (κ2) is 9.27.